The van der Waals surface area contributed by atoms with Crippen molar-refractivity contribution in [2.75, 3.05) is 5.32 Å². The van der Waals surface area contributed by atoms with Gasteiger partial charge < -0.3 is 5.32 Å². The van der Waals surface area contributed by atoms with Crippen LogP contribution in [0.2, 0.25) is 0 Å². The first-order valence-corrected chi connectivity index (χ1v) is 9.84. The molecule has 1 unspecified atom stereocenters. The number of hydrogen-bond donors (Lipinski definition) is 1. The number of allylic oxidation sites excluding steroid dienone is 1. The summed E-state index contributed by atoms with van der Waals surface area (Å²) >= 11 is 0. The molecule has 0 bridgehead atoms. The number of anilines is 1. The first-order valence-electron chi connectivity index (χ1n) is 9.84. The second-order valence-corrected chi connectivity index (χ2v) is 7.03. The van der Waals surface area contributed by atoms with E-state index in [0.29, 0.717) is 0 Å². The Morgan fingerprint density at radius 2 is 1.93 bits per heavy atom. The Balaban J connectivity index is 1.80. The van der Waals surface area contributed by atoms with Crippen molar-refractivity contribution < 1.29 is 0 Å². The van der Waals surface area contributed by atoms with Gasteiger partial charge in [0.25, 0.3) is 0 Å². The number of pyridine rings is 1. The third kappa shape index (κ3) is 3.96. The van der Waals surface area contributed by atoms with Crippen molar-refractivity contribution in [1.29, 1.82) is 0 Å². The molecule has 0 spiro atoms. The zero-order chi connectivity index (χ0) is 20.9. The van der Waals surface area contributed by atoms with Crippen molar-refractivity contribution in [3.05, 3.63) is 84.5 Å². The Hall–Kier alpha value is -3.86. The van der Waals surface area contributed by atoms with E-state index in [-0.39, 0.29) is 6.04 Å². The van der Waals surface area contributed by atoms with Gasteiger partial charge >= 0.3 is 0 Å². The van der Waals surface area contributed by atoms with Crippen molar-refractivity contribution >= 4 is 35.2 Å². The highest BCUT2D eigenvalue weighted by Gasteiger charge is 2.12. The van der Waals surface area contributed by atoms with Crippen LogP contribution in [0, 0.1) is 0 Å². The summed E-state index contributed by atoms with van der Waals surface area (Å²) in [6.45, 7) is 7.83. The lowest BCUT2D eigenvalue weighted by atomic mass is 9.99. The molecule has 30 heavy (non-hydrogen) atoms. The van der Waals surface area contributed by atoms with Crippen molar-refractivity contribution in [3.8, 4) is 11.1 Å². The standard InChI is InChI=1S/C25H23N5/c1-4-6-18-8-9-19(13-23(18)26-3)22-14-21(15-24-25(22)29-12-11-28-24)30-17(2)20-7-5-10-27-16-20/h4-17,30H,3H2,1-2H3/b6-4-. The number of aromatic nitrogens is 3. The van der Waals surface area contributed by atoms with E-state index in [1.54, 1.807) is 18.6 Å². The molecule has 148 valence electrons. The zero-order valence-corrected chi connectivity index (χ0v) is 17.1. The summed E-state index contributed by atoms with van der Waals surface area (Å²) in [4.78, 5) is 17.6. The number of fused-ring (bicyclic) bond motifs is 1. The van der Waals surface area contributed by atoms with E-state index in [1.165, 1.54) is 0 Å². The van der Waals surface area contributed by atoms with E-state index in [9.17, 15) is 0 Å². The minimum Gasteiger partial charge on any atom is -0.378 e. The van der Waals surface area contributed by atoms with Crippen LogP contribution in [0.25, 0.3) is 28.2 Å². The molecular formula is C25H23N5. The molecule has 4 aromatic rings. The summed E-state index contributed by atoms with van der Waals surface area (Å²) < 4.78 is 0. The van der Waals surface area contributed by atoms with Gasteiger partial charge in [-0.15, -0.1) is 0 Å². The first-order chi connectivity index (χ1) is 14.7. The lowest BCUT2D eigenvalue weighted by molar-refractivity contribution is 0.876. The van der Waals surface area contributed by atoms with E-state index < -0.39 is 0 Å². The lowest BCUT2D eigenvalue weighted by Crippen LogP contribution is -2.07. The fraction of sp³-hybridized carbons (Fsp3) is 0.120. The molecule has 2 aromatic heterocycles. The first kappa shape index (κ1) is 19.5. The highest BCUT2D eigenvalue weighted by molar-refractivity contribution is 5.95. The molecule has 5 heteroatoms. The minimum atomic E-state index is 0.100. The van der Waals surface area contributed by atoms with Crippen LogP contribution in [-0.4, -0.2) is 21.7 Å². The van der Waals surface area contributed by atoms with Crippen LogP contribution in [-0.2, 0) is 0 Å². The molecule has 1 N–H and O–H groups in total. The second kappa shape index (κ2) is 8.66. The van der Waals surface area contributed by atoms with Crippen LogP contribution < -0.4 is 5.32 Å². The van der Waals surface area contributed by atoms with Crippen molar-refractivity contribution in [1.82, 2.24) is 15.0 Å². The van der Waals surface area contributed by atoms with Gasteiger partial charge in [-0.2, -0.15) is 0 Å². The summed E-state index contributed by atoms with van der Waals surface area (Å²) in [5, 5.41) is 3.57. The topological polar surface area (TPSA) is 63.1 Å². The molecule has 0 radical (unpaired) electrons. The SMILES string of the molecule is C=Nc1cc(-c2cc(NC(C)c3cccnc3)cc3nccnc23)ccc1/C=C\C. The summed E-state index contributed by atoms with van der Waals surface area (Å²) in [7, 11) is 0. The fourth-order valence-electron chi connectivity index (χ4n) is 3.51. The monoisotopic (exact) mass is 393 g/mol. The van der Waals surface area contributed by atoms with E-state index in [0.717, 1.165) is 44.7 Å². The molecule has 2 heterocycles. The minimum absolute atomic E-state index is 0.100. The van der Waals surface area contributed by atoms with Gasteiger partial charge in [-0.1, -0.05) is 30.4 Å². The summed E-state index contributed by atoms with van der Waals surface area (Å²) in [5.74, 6) is 0. The average molecular weight is 393 g/mol. The van der Waals surface area contributed by atoms with Gasteiger partial charge in [-0.25, -0.2) is 0 Å². The van der Waals surface area contributed by atoms with E-state index in [1.807, 2.05) is 43.5 Å². The quantitative estimate of drug-likeness (QED) is 0.394. The van der Waals surface area contributed by atoms with Crippen LogP contribution in [0.15, 0.2) is 78.3 Å². The third-order valence-electron chi connectivity index (χ3n) is 5.00. The summed E-state index contributed by atoms with van der Waals surface area (Å²) in [6.07, 6.45) is 11.1. The van der Waals surface area contributed by atoms with Crippen LogP contribution in [0.1, 0.15) is 31.0 Å². The number of aliphatic imine (C=N–C) groups is 1. The van der Waals surface area contributed by atoms with Crippen LogP contribution in [0.4, 0.5) is 11.4 Å². The maximum Gasteiger partial charge on any atom is 0.0966 e. The molecule has 4 rings (SSSR count). The van der Waals surface area contributed by atoms with Crippen LogP contribution in [0.3, 0.4) is 0 Å². The molecule has 0 aliphatic rings. The van der Waals surface area contributed by atoms with Gasteiger partial charge in [-0.05, 0) is 61.5 Å². The molecule has 0 aliphatic carbocycles. The Morgan fingerprint density at radius 3 is 2.70 bits per heavy atom. The molecule has 2 aromatic carbocycles. The normalized spacial score (nSPS) is 12.2. The largest absolute Gasteiger partial charge is 0.378 e. The second-order valence-electron chi connectivity index (χ2n) is 7.03. The van der Waals surface area contributed by atoms with Gasteiger partial charge in [0.15, 0.2) is 0 Å². The third-order valence-corrected chi connectivity index (χ3v) is 5.00. The Morgan fingerprint density at radius 1 is 1.07 bits per heavy atom. The Bertz CT molecular complexity index is 1210. The fourth-order valence-corrected chi connectivity index (χ4v) is 3.51. The zero-order valence-electron chi connectivity index (χ0n) is 17.1. The van der Waals surface area contributed by atoms with Gasteiger partial charge in [-0.3, -0.25) is 19.9 Å². The molecule has 0 amide bonds. The molecule has 0 fully saturated rings. The molecule has 1 atom stereocenters. The van der Waals surface area contributed by atoms with Crippen LogP contribution in [0.5, 0.6) is 0 Å². The van der Waals surface area contributed by atoms with E-state index in [2.05, 4.69) is 63.2 Å². The number of nitrogens with one attached hydrogen (secondary N) is 1. The smallest absolute Gasteiger partial charge is 0.0966 e. The van der Waals surface area contributed by atoms with Gasteiger partial charge in [0.2, 0.25) is 0 Å². The molecule has 0 saturated carbocycles. The number of rotatable bonds is 6. The number of hydrogen-bond acceptors (Lipinski definition) is 5. The van der Waals surface area contributed by atoms with Crippen LogP contribution >= 0.6 is 0 Å². The maximum atomic E-state index is 4.59. The predicted molar refractivity (Wildman–Crippen MR) is 125 cm³/mol. The van der Waals surface area contributed by atoms with Gasteiger partial charge in [0.1, 0.15) is 0 Å². The molecule has 0 saturated heterocycles. The van der Waals surface area contributed by atoms with Crippen molar-refractivity contribution in [2.45, 2.75) is 19.9 Å². The lowest BCUT2D eigenvalue weighted by Gasteiger charge is -2.17. The van der Waals surface area contributed by atoms with E-state index >= 15 is 0 Å². The highest BCUT2D eigenvalue weighted by Crippen LogP contribution is 2.34. The average Bonchev–Trinajstić information content (AvgIpc) is 2.79. The van der Waals surface area contributed by atoms with E-state index in [4.69, 9.17) is 0 Å². The van der Waals surface area contributed by atoms with Gasteiger partial charge in [0, 0.05) is 36.0 Å². The Kier molecular flexibility index (Phi) is 5.61. The predicted octanol–water partition coefficient (Wildman–Crippen LogP) is 6.23. The summed E-state index contributed by atoms with van der Waals surface area (Å²) in [5.41, 5.74) is 7.67. The molecule has 5 nitrogen and oxygen atoms in total. The highest BCUT2D eigenvalue weighted by atomic mass is 14.9. The van der Waals surface area contributed by atoms with Crippen molar-refractivity contribution in [2.24, 2.45) is 4.99 Å². The number of benzene rings is 2. The van der Waals surface area contributed by atoms with Gasteiger partial charge in [0.05, 0.1) is 22.8 Å². The molecular weight excluding hydrogens is 370 g/mol. The number of nitrogens with zero attached hydrogens (tertiary/aromatic N) is 4. The summed E-state index contributed by atoms with van der Waals surface area (Å²) in [6, 6.07) is 14.4. The molecule has 0 aliphatic heterocycles. The Labute approximate surface area is 176 Å². The van der Waals surface area contributed by atoms with Crippen molar-refractivity contribution in [3.63, 3.8) is 0 Å². The maximum absolute atomic E-state index is 4.59.